The van der Waals surface area contributed by atoms with Gasteiger partial charge in [-0.15, -0.1) is 11.8 Å². The van der Waals surface area contributed by atoms with Gasteiger partial charge in [-0.05, 0) is 42.0 Å². The van der Waals surface area contributed by atoms with Crippen molar-refractivity contribution in [1.82, 2.24) is 4.31 Å². The fourth-order valence-electron chi connectivity index (χ4n) is 2.43. The topological polar surface area (TPSA) is 66.5 Å². The van der Waals surface area contributed by atoms with Crippen molar-refractivity contribution in [3.8, 4) is 0 Å². The van der Waals surface area contributed by atoms with E-state index in [-0.39, 0.29) is 17.3 Å². The maximum Gasteiger partial charge on any atom is 0.243 e. The number of benzene rings is 2. The number of para-hydroxylation sites is 1. The normalized spacial score (nSPS) is 11.8. The number of nitrogens with one attached hydrogen (secondary N) is 1. The van der Waals surface area contributed by atoms with E-state index in [0.29, 0.717) is 11.6 Å². The zero-order chi connectivity index (χ0) is 19.3. The van der Waals surface area contributed by atoms with Gasteiger partial charge in [0, 0.05) is 11.9 Å². The Morgan fingerprint density at radius 1 is 1.12 bits per heavy atom. The van der Waals surface area contributed by atoms with Crippen LogP contribution in [0.2, 0.25) is 0 Å². The van der Waals surface area contributed by atoms with Crippen molar-refractivity contribution in [3.63, 3.8) is 0 Å². The molecule has 140 valence electrons. The highest BCUT2D eigenvalue weighted by Crippen LogP contribution is 2.25. The SMILES string of the molecule is CSc1ccccc1NC(=O)CN(C)S(=O)(=O)c1ccc(C(C)C)cc1. The predicted molar refractivity (Wildman–Crippen MR) is 107 cm³/mol. The largest absolute Gasteiger partial charge is 0.324 e. The summed E-state index contributed by atoms with van der Waals surface area (Å²) >= 11 is 1.52. The Labute approximate surface area is 159 Å². The number of carbonyl (C=O) groups is 1. The van der Waals surface area contributed by atoms with Crippen LogP contribution in [-0.2, 0) is 14.8 Å². The molecule has 0 aromatic heterocycles. The average Bonchev–Trinajstić information content (AvgIpc) is 2.62. The monoisotopic (exact) mass is 392 g/mol. The van der Waals surface area contributed by atoms with E-state index in [1.807, 2.05) is 38.3 Å². The number of amides is 1. The number of carbonyl (C=O) groups excluding carboxylic acids is 1. The summed E-state index contributed by atoms with van der Waals surface area (Å²) in [5, 5.41) is 2.77. The van der Waals surface area contributed by atoms with Crippen molar-refractivity contribution in [2.45, 2.75) is 29.6 Å². The smallest absolute Gasteiger partial charge is 0.243 e. The summed E-state index contributed by atoms with van der Waals surface area (Å²) < 4.78 is 26.4. The van der Waals surface area contributed by atoms with Crippen molar-refractivity contribution in [2.75, 3.05) is 25.2 Å². The Hall–Kier alpha value is -1.83. The number of rotatable bonds is 7. The number of anilines is 1. The summed E-state index contributed by atoms with van der Waals surface area (Å²) in [6.07, 6.45) is 1.92. The lowest BCUT2D eigenvalue weighted by atomic mass is 10.0. The summed E-state index contributed by atoms with van der Waals surface area (Å²) in [7, 11) is -2.31. The molecule has 0 saturated heterocycles. The number of nitrogens with zero attached hydrogens (tertiary/aromatic N) is 1. The Kier molecular flexibility index (Phi) is 6.86. The second-order valence-corrected chi connectivity index (χ2v) is 9.13. The molecule has 7 heteroatoms. The van der Waals surface area contributed by atoms with Crippen LogP contribution in [0.4, 0.5) is 5.69 Å². The van der Waals surface area contributed by atoms with Crippen molar-refractivity contribution in [2.24, 2.45) is 0 Å². The number of sulfonamides is 1. The zero-order valence-electron chi connectivity index (χ0n) is 15.4. The molecule has 0 aliphatic rings. The number of hydrogen-bond donors (Lipinski definition) is 1. The molecule has 0 atom stereocenters. The molecule has 0 fully saturated rings. The summed E-state index contributed by atoms with van der Waals surface area (Å²) in [5.41, 5.74) is 1.75. The van der Waals surface area contributed by atoms with Crippen LogP contribution in [0, 0.1) is 0 Å². The number of likely N-dealkylation sites (N-methyl/N-ethyl adjacent to an activating group) is 1. The summed E-state index contributed by atoms with van der Waals surface area (Å²) in [6.45, 7) is 3.84. The van der Waals surface area contributed by atoms with Crippen LogP contribution in [0.25, 0.3) is 0 Å². The molecule has 0 saturated carbocycles. The van der Waals surface area contributed by atoms with E-state index in [9.17, 15) is 13.2 Å². The van der Waals surface area contributed by atoms with Crippen LogP contribution in [0.5, 0.6) is 0 Å². The maximum absolute atomic E-state index is 12.7. The predicted octanol–water partition coefficient (Wildman–Crippen LogP) is 3.79. The van der Waals surface area contributed by atoms with Gasteiger partial charge in [0.25, 0.3) is 0 Å². The fourth-order valence-corrected chi connectivity index (χ4v) is 4.11. The first-order chi connectivity index (χ1) is 12.3. The summed E-state index contributed by atoms with van der Waals surface area (Å²) in [4.78, 5) is 13.4. The molecule has 0 spiro atoms. The fraction of sp³-hybridized carbons (Fsp3) is 0.316. The van der Waals surface area contributed by atoms with Crippen molar-refractivity contribution >= 4 is 33.4 Å². The van der Waals surface area contributed by atoms with Gasteiger partial charge in [0.2, 0.25) is 15.9 Å². The molecule has 2 rings (SSSR count). The molecule has 1 amide bonds. The molecular formula is C19H24N2O3S2. The van der Waals surface area contributed by atoms with Crippen molar-refractivity contribution < 1.29 is 13.2 Å². The molecule has 0 radical (unpaired) electrons. The summed E-state index contributed by atoms with van der Waals surface area (Å²) in [6, 6.07) is 14.2. The third kappa shape index (κ3) is 4.87. The highest BCUT2D eigenvalue weighted by Gasteiger charge is 2.23. The first-order valence-electron chi connectivity index (χ1n) is 8.25. The van der Waals surface area contributed by atoms with Gasteiger partial charge in [-0.3, -0.25) is 4.79 Å². The molecule has 0 bridgehead atoms. The van der Waals surface area contributed by atoms with Gasteiger partial charge in [-0.1, -0.05) is 38.1 Å². The molecule has 2 aromatic rings. The third-order valence-corrected chi connectivity index (χ3v) is 6.62. The minimum Gasteiger partial charge on any atom is -0.324 e. The van der Waals surface area contributed by atoms with Gasteiger partial charge in [0.15, 0.2) is 0 Å². The highest BCUT2D eigenvalue weighted by molar-refractivity contribution is 7.98. The minimum atomic E-state index is -3.72. The lowest BCUT2D eigenvalue weighted by molar-refractivity contribution is -0.116. The molecule has 2 aromatic carbocycles. The van der Waals surface area contributed by atoms with E-state index in [1.165, 1.54) is 18.8 Å². The molecule has 1 N–H and O–H groups in total. The van der Waals surface area contributed by atoms with Gasteiger partial charge < -0.3 is 5.32 Å². The molecule has 0 aliphatic carbocycles. The first-order valence-corrected chi connectivity index (χ1v) is 10.9. The summed E-state index contributed by atoms with van der Waals surface area (Å²) in [5.74, 6) is -0.0526. The molecule has 26 heavy (non-hydrogen) atoms. The lowest BCUT2D eigenvalue weighted by Gasteiger charge is -2.18. The van der Waals surface area contributed by atoms with Crippen molar-refractivity contribution in [1.29, 1.82) is 0 Å². The Bertz CT molecular complexity index is 863. The second kappa shape index (κ2) is 8.70. The van der Waals surface area contributed by atoms with Crippen LogP contribution < -0.4 is 5.32 Å². The lowest BCUT2D eigenvalue weighted by Crippen LogP contribution is -2.35. The van der Waals surface area contributed by atoms with Gasteiger partial charge in [-0.2, -0.15) is 4.31 Å². The van der Waals surface area contributed by atoms with Crippen LogP contribution in [0.15, 0.2) is 58.3 Å². The van der Waals surface area contributed by atoms with E-state index in [0.717, 1.165) is 14.8 Å². The van der Waals surface area contributed by atoms with E-state index < -0.39 is 10.0 Å². The van der Waals surface area contributed by atoms with Gasteiger partial charge in [0.05, 0.1) is 17.1 Å². The average molecular weight is 393 g/mol. The van der Waals surface area contributed by atoms with Crippen LogP contribution in [-0.4, -0.2) is 38.5 Å². The quantitative estimate of drug-likeness (QED) is 0.728. The molecule has 0 aliphatic heterocycles. The van der Waals surface area contributed by atoms with E-state index in [4.69, 9.17) is 0 Å². The van der Waals surface area contributed by atoms with Crippen LogP contribution in [0.1, 0.15) is 25.3 Å². The van der Waals surface area contributed by atoms with Crippen molar-refractivity contribution in [3.05, 3.63) is 54.1 Å². The molecule has 0 heterocycles. The van der Waals surface area contributed by atoms with Gasteiger partial charge in [-0.25, -0.2) is 8.42 Å². The van der Waals surface area contributed by atoms with Gasteiger partial charge >= 0.3 is 0 Å². The Balaban J connectivity index is 2.09. The first kappa shape index (κ1) is 20.5. The minimum absolute atomic E-state index is 0.182. The van der Waals surface area contributed by atoms with Gasteiger partial charge in [0.1, 0.15) is 0 Å². The third-order valence-electron chi connectivity index (χ3n) is 4.00. The second-order valence-electron chi connectivity index (χ2n) is 6.23. The highest BCUT2D eigenvalue weighted by atomic mass is 32.2. The molecular weight excluding hydrogens is 368 g/mol. The standard InChI is InChI=1S/C19H24N2O3S2/c1-14(2)15-9-11-16(12-10-15)26(23,24)21(3)13-19(22)20-17-7-5-6-8-18(17)25-4/h5-12,14H,13H2,1-4H3,(H,20,22). The zero-order valence-corrected chi connectivity index (χ0v) is 17.0. The molecule has 5 nitrogen and oxygen atoms in total. The van der Waals surface area contributed by atoms with E-state index >= 15 is 0 Å². The Morgan fingerprint density at radius 3 is 2.31 bits per heavy atom. The van der Waals surface area contributed by atoms with E-state index in [1.54, 1.807) is 30.3 Å². The van der Waals surface area contributed by atoms with E-state index in [2.05, 4.69) is 5.32 Å². The Morgan fingerprint density at radius 2 is 1.73 bits per heavy atom. The van der Waals surface area contributed by atoms with Crippen LogP contribution in [0.3, 0.4) is 0 Å². The maximum atomic E-state index is 12.7. The molecule has 0 unspecified atom stereocenters. The number of thioether (sulfide) groups is 1. The number of hydrogen-bond acceptors (Lipinski definition) is 4. The van der Waals surface area contributed by atoms with Crippen LogP contribution >= 0.6 is 11.8 Å².